The molecule has 2 unspecified atom stereocenters. The van der Waals surface area contributed by atoms with Crippen LogP contribution >= 0.6 is 0 Å². The quantitative estimate of drug-likeness (QED) is 0.794. The fourth-order valence-electron chi connectivity index (χ4n) is 3.39. The van der Waals surface area contributed by atoms with Gasteiger partial charge in [-0.3, -0.25) is 4.21 Å². The van der Waals surface area contributed by atoms with Crippen molar-refractivity contribution in [3.05, 3.63) is 0 Å². The number of ether oxygens (including phenoxy) is 2. The zero-order valence-corrected chi connectivity index (χ0v) is 15.2. The van der Waals surface area contributed by atoms with Crippen LogP contribution < -0.4 is 5.32 Å². The van der Waals surface area contributed by atoms with Crippen molar-refractivity contribution in [1.82, 2.24) is 5.32 Å². The molecule has 2 aliphatic rings. The van der Waals surface area contributed by atoms with Gasteiger partial charge in [0.25, 0.3) is 0 Å². The van der Waals surface area contributed by atoms with Gasteiger partial charge in [-0.15, -0.1) is 0 Å². The van der Waals surface area contributed by atoms with E-state index < -0.39 is 34.0 Å². The van der Waals surface area contributed by atoms with E-state index in [4.69, 9.17) is 9.47 Å². The van der Waals surface area contributed by atoms with Crippen molar-refractivity contribution in [1.29, 1.82) is 0 Å². The predicted molar refractivity (Wildman–Crippen MR) is 87.5 cm³/mol. The normalized spacial score (nSPS) is 33.7. The fraction of sp³-hybridized carbons (Fsp3) is 0.875. The summed E-state index contributed by atoms with van der Waals surface area (Å²) in [6.45, 7) is 7.30. The van der Waals surface area contributed by atoms with Gasteiger partial charge in [-0.2, -0.15) is 0 Å². The van der Waals surface area contributed by atoms with Crippen LogP contribution in [-0.2, 0) is 25.1 Å². The molecule has 0 spiro atoms. The minimum Gasteiger partial charge on any atom is -0.464 e. The largest absolute Gasteiger partial charge is 0.464 e. The third-order valence-electron chi connectivity index (χ3n) is 4.27. The molecule has 0 aromatic heterocycles. The molecule has 0 aliphatic carbocycles. The standard InChI is InChI=1S/C16H27NO5S/c1-5-21-13(18)16(17-14(19)22-15(2,3)4)9-11-7-6-8-12(10-16)23(11)20/h11-12H,5-10H2,1-4H3,(H,17,19). The second kappa shape index (κ2) is 6.79. The molecule has 2 atom stereocenters. The van der Waals surface area contributed by atoms with Crippen LogP contribution in [0.25, 0.3) is 0 Å². The average molecular weight is 345 g/mol. The lowest BCUT2D eigenvalue weighted by molar-refractivity contribution is -0.152. The summed E-state index contributed by atoms with van der Waals surface area (Å²) in [4.78, 5) is 24.8. The van der Waals surface area contributed by atoms with Crippen LogP contribution in [0.4, 0.5) is 4.79 Å². The van der Waals surface area contributed by atoms with E-state index in [-0.39, 0.29) is 17.1 Å². The van der Waals surface area contributed by atoms with Crippen LogP contribution in [0.1, 0.15) is 59.8 Å². The summed E-state index contributed by atoms with van der Waals surface area (Å²) in [5, 5.41) is 2.62. The van der Waals surface area contributed by atoms with Crippen LogP contribution in [0.15, 0.2) is 0 Å². The SMILES string of the molecule is CCOC(=O)C1(NC(=O)OC(C)(C)C)CC2CCCC(C1)S2=O. The summed E-state index contributed by atoms with van der Waals surface area (Å²) >= 11 is 0. The maximum Gasteiger partial charge on any atom is 0.408 e. The minimum atomic E-state index is -1.12. The number of hydrogen-bond donors (Lipinski definition) is 1. The second-order valence-corrected chi connectivity index (χ2v) is 9.33. The van der Waals surface area contributed by atoms with E-state index in [1.807, 2.05) is 0 Å². The molecule has 2 saturated heterocycles. The van der Waals surface area contributed by atoms with E-state index in [1.165, 1.54) is 0 Å². The number of fused-ring (bicyclic) bond motifs is 2. The van der Waals surface area contributed by atoms with Gasteiger partial charge in [0.15, 0.2) is 0 Å². The number of nitrogens with one attached hydrogen (secondary N) is 1. The van der Waals surface area contributed by atoms with Crippen molar-refractivity contribution < 1.29 is 23.3 Å². The summed E-state index contributed by atoms with van der Waals surface area (Å²) < 4.78 is 22.9. The molecule has 2 aliphatic heterocycles. The van der Waals surface area contributed by atoms with Crippen molar-refractivity contribution in [2.45, 2.75) is 81.4 Å². The molecule has 1 N–H and O–H groups in total. The van der Waals surface area contributed by atoms with E-state index in [0.29, 0.717) is 12.8 Å². The predicted octanol–water partition coefficient (Wildman–Crippen LogP) is 2.28. The molecule has 23 heavy (non-hydrogen) atoms. The zero-order valence-electron chi connectivity index (χ0n) is 14.3. The second-order valence-electron chi connectivity index (χ2n) is 7.34. The maximum atomic E-state index is 12.6. The highest BCUT2D eigenvalue weighted by Gasteiger charge is 2.53. The summed E-state index contributed by atoms with van der Waals surface area (Å²) in [5.74, 6) is -0.445. The number of rotatable bonds is 3. The van der Waals surface area contributed by atoms with Crippen LogP contribution in [0.2, 0.25) is 0 Å². The Kier molecular flexibility index (Phi) is 5.38. The lowest BCUT2D eigenvalue weighted by atomic mass is 9.82. The van der Waals surface area contributed by atoms with Gasteiger partial charge >= 0.3 is 12.1 Å². The first-order chi connectivity index (χ1) is 10.7. The topological polar surface area (TPSA) is 81.7 Å². The molecular formula is C16H27NO5S. The van der Waals surface area contributed by atoms with Gasteiger partial charge in [0.2, 0.25) is 0 Å². The molecule has 1 amide bonds. The molecule has 2 bridgehead atoms. The zero-order chi connectivity index (χ0) is 17.3. The Morgan fingerprint density at radius 2 is 1.78 bits per heavy atom. The molecule has 2 heterocycles. The van der Waals surface area contributed by atoms with E-state index >= 15 is 0 Å². The molecule has 7 heteroatoms. The van der Waals surface area contributed by atoms with Gasteiger partial charge in [-0.05, 0) is 53.4 Å². The van der Waals surface area contributed by atoms with Gasteiger partial charge in [0.1, 0.15) is 11.1 Å². The van der Waals surface area contributed by atoms with Crippen LogP contribution in [0.3, 0.4) is 0 Å². The van der Waals surface area contributed by atoms with Gasteiger partial charge in [-0.25, -0.2) is 9.59 Å². The average Bonchev–Trinajstić information content (AvgIpc) is 2.38. The number of amides is 1. The molecule has 132 valence electrons. The number of esters is 1. The Balaban J connectivity index is 2.22. The van der Waals surface area contributed by atoms with E-state index in [9.17, 15) is 13.8 Å². The van der Waals surface area contributed by atoms with Gasteiger partial charge in [-0.1, -0.05) is 6.42 Å². The molecule has 0 saturated carbocycles. The van der Waals surface area contributed by atoms with Crippen molar-refractivity contribution in [3.63, 3.8) is 0 Å². The van der Waals surface area contributed by atoms with Crippen molar-refractivity contribution in [2.75, 3.05) is 6.61 Å². The van der Waals surface area contributed by atoms with E-state index in [1.54, 1.807) is 27.7 Å². The highest BCUT2D eigenvalue weighted by atomic mass is 32.2. The lowest BCUT2D eigenvalue weighted by Crippen LogP contribution is -2.63. The first-order valence-corrected chi connectivity index (χ1v) is 9.52. The van der Waals surface area contributed by atoms with Gasteiger partial charge < -0.3 is 14.8 Å². The first-order valence-electron chi connectivity index (χ1n) is 8.24. The first kappa shape index (κ1) is 18.2. The van der Waals surface area contributed by atoms with Crippen LogP contribution in [0, 0.1) is 0 Å². The van der Waals surface area contributed by atoms with E-state index in [2.05, 4.69) is 5.32 Å². The smallest absolute Gasteiger partial charge is 0.408 e. The molecule has 0 aromatic carbocycles. The molecule has 0 aromatic rings. The van der Waals surface area contributed by atoms with Crippen LogP contribution in [-0.4, -0.2) is 44.5 Å². The summed E-state index contributed by atoms with van der Waals surface area (Å²) in [6.07, 6.45) is 2.74. The Labute approximate surface area is 140 Å². The summed E-state index contributed by atoms with van der Waals surface area (Å²) in [5.41, 5.74) is -1.77. The molecule has 2 rings (SSSR count). The molecule has 6 nitrogen and oxygen atoms in total. The van der Waals surface area contributed by atoms with Crippen molar-refractivity contribution in [3.8, 4) is 0 Å². The van der Waals surface area contributed by atoms with Gasteiger partial charge in [0.05, 0.1) is 6.61 Å². The summed E-state index contributed by atoms with van der Waals surface area (Å²) in [7, 11) is -0.937. The third kappa shape index (κ3) is 4.25. The molecule has 2 fully saturated rings. The monoisotopic (exact) mass is 345 g/mol. The number of carbonyl (C=O) groups is 2. The third-order valence-corrected chi connectivity index (χ3v) is 6.39. The summed E-state index contributed by atoms with van der Waals surface area (Å²) in [6, 6.07) is 0. The highest BCUT2D eigenvalue weighted by Crippen LogP contribution is 2.40. The highest BCUT2D eigenvalue weighted by molar-refractivity contribution is 7.86. The Hall–Kier alpha value is -1.11. The van der Waals surface area contributed by atoms with Crippen molar-refractivity contribution in [2.24, 2.45) is 0 Å². The van der Waals surface area contributed by atoms with Gasteiger partial charge in [0, 0.05) is 21.3 Å². The molecular weight excluding hydrogens is 318 g/mol. The Bertz CT molecular complexity index is 483. The Morgan fingerprint density at radius 3 is 2.26 bits per heavy atom. The van der Waals surface area contributed by atoms with Crippen LogP contribution in [0.5, 0.6) is 0 Å². The Morgan fingerprint density at radius 1 is 1.22 bits per heavy atom. The molecule has 0 radical (unpaired) electrons. The van der Waals surface area contributed by atoms with E-state index in [0.717, 1.165) is 19.3 Å². The fourth-order valence-corrected chi connectivity index (χ4v) is 5.63. The number of carbonyl (C=O) groups excluding carboxylic acids is 2. The maximum absolute atomic E-state index is 12.6. The number of alkyl carbamates (subject to hydrolysis) is 1. The van der Waals surface area contributed by atoms with Crippen molar-refractivity contribution >= 4 is 22.9 Å². The lowest BCUT2D eigenvalue weighted by Gasteiger charge is -2.44. The number of hydrogen-bond acceptors (Lipinski definition) is 5. The minimum absolute atomic E-state index is 0.0677.